The van der Waals surface area contributed by atoms with Crippen LogP contribution >= 0.6 is 0 Å². The second kappa shape index (κ2) is 10.8. The molecule has 4 nitrogen and oxygen atoms in total. The molecule has 51 heavy (non-hydrogen) atoms. The summed E-state index contributed by atoms with van der Waals surface area (Å²) in [5.74, 6) is 0.584. The molecule has 238 valence electrons. The number of furan rings is 1. The van der Waals surface area contributed by atoms with E-state index < -0.39 is 0 Å². The molecule has 11 aromatic rings. The quantitative estimate of drug-likeness (QED) is 0.177. The van der Waals surface area contributed by atoms with Crippen molar-refractivity contribution >= 4 is 93.2 Å². The minimum Gasteiger partial charge on any atom is -0.456 e. The minimum atomic E-state index is 0.584. The Bertz CT molecular complexity index is 3120. The van der Waals surface area contributed by atoms with Gasteiger partial charge in [-0.05, 0) is 92.3 Å². The predicted octanol–water partition coefficient (Wildman–Crippen LogP) is 13.5. The summed E-state index contributed by atoms with van der Waals surface area (Å²) in [7, 11) is 0. The molecule has 4 heteroatoms. The van der Waals surface area contributed by atoms with Gasteiger partial charge in [0.1, 0.15) is 16.7 Å². The molecule has 0 unspecified atom stereocenters. The first-order valence-electron chi connectivity index (χ1n) is 17.2. The van der Waals surface area contributed by atoms with Crippen LogP contribution in [0.2, 0.25) is 0 Å². The van der Waals surface area contributed by atoms with Gasteiger partial charge in [0.15, 0.2) is 5.58 Å². The van der Waals surface area contributed by atoms with Gasteiger partial charge in [-0.25, -0.2) is 4.98 Å². The van der Waals surface area contributed by atoms with Crippen molar-refractivity contribution in [1.29, 1.82) is 0 Å². The molecule has 11 rings (SSSR count). The maximum absolute atomic E-state index is 6.60. The van der Waals surface area contributed by atoms with Crippen LogP contribution in [0.5, 0.6) is 0 Å². The Morgan fingerprint density at radius 1 is 0.392 bits per heavy atom. The van der Waals surface area contributed by atoms with E-state index in [1.165, 1.54) is 32.3 Å². The first-order chi connectivity index (χ1) is 25.3. The van der Waals surface area contributed by atoms with Crippen molar-refractivity contribution in [2.75, 3.05) is 4.90 Å². The van der Waals surface area contributed by atoms with Crippen LogP contribution in [0.3, 0.4) is 0 Å². The van der Waals surface area contributed by atoms with Crippen LogP contribution in [0.25, 0.3) is 87.6 Å². The average Bonchev–Trinajstić information content (AvgIpc) is 3.81. The fraction of sp³-hybridized carbons (Fsp3) is 0. The van der Waals surface area contributed by atoms with Gasteiger partial charge in [-0.3, -0.25) is 0 Å². The van der Waals surface area contributed by atoms with E-state index in [1.54, 1.807) is 0 Å². The van der Waals surface area contributed by atoms with Crippen LogP contribution in [0.1, 0.15) is 0 Å². The second-order valence-corrected chi connectivity index (χ2v) is 13.1. The fourth-order valence-corrected chi connectivity index (χ4v) is 7.96. The maximum Gasteiger partial charge on any atom is 0.228 e. The zero-order chi connectivity index (χ0) is 33.5. The molecule has 0 fully saturated rings. The zero-order valence-corrected chi connectivity index (χ0v) is 27.4. The average molecular weight is 653 g/mol. The summed E-state index contributed by atoms with van der Waals surface area (Å²) in [4.78, 5) is 7.25. The van der Waals surface area contributed by atoms with Crippen molar-refractivity contribution < 1.29 is 8.83 Å². The van der Waals surface area contributed by atoms with Gasteiger partial charge in [0.05, 0.1) is 0 Å². The summed E-state index contributed by atoms with van der Waals surface area (Å²) in [6.07, 6.45) is 0. The lowest BCUT2D eigenvalue weighted by atomic mass is 9.94. The molecule has 0 aliphatic heterocycles. The molecule has 9 aromatic carbocycles. The molecular formula is C47H28N2O2. The van der Waals surface area contributed by atoms with E-state index in [4.69, 9.17) is 13.8 Å². The van der Waals surface area contributed by atoms with Gasteiger partial charge >= 0.3 is 0 Å². The Morgan fingerprint density at radius 2 is 1.02 bits per heavy atom. The summed E-state index contributed by atoms with van der Waals surface area (Å²) in [6, 6.07) is 59.7. The largest absolute Gasteiger partial charge is 0.456 e. The maximum atomic E-state index is 6.60. The molecule has 0 N–H and O–H groups in total. The molecule has 0 bridgehead atoms. The highest BCUT2D eigenvalue weighted by Gasteiger charge is 2.20. The molecule has 2 aromatic heterocycles. The van der Waals surface area contributed by atoms with Crippen molar-refractivity contribution in [2.24, 2.45) is 0 Å². The summed E-state index contributed by atoms with van der Waals surface area (Å²) < 4.78 is 13.1. The summed E-state index contributed by atoms with van der Waals surface area (Å²) in [6.45, 7) is 0. The number of rotatable bonds is 4. The van der Waals surface area contributed by atoms with Gasteiger partial charge in [0.2, 0.25) is 5.89 Å². The monoisotopic (exact) mass is 652 g/mol. The molecule has 0 aliphatic rings. The number of para-hydroxylation sites is 1. The molecule has 0 atom stereocenters. The van der Waals surface area contributed by atoms with Gasteiger partial charge < -0.3 is 13.7 Å². The smallest absolute Gasteiger partial charge is 0.228 e. The van der Waals surface area contributed by atoms with Crippen LogP contribution in [-0.2, 0) is 0 Å². The molecular weight excluding hydrogens is 625 g/mol. The lowest BCUT2D eigenvalue weighted by Gasteiger charge is -2.26. The first kappa shape index (κ1) is 28.0. The Hall–Kier alpha value is -6.91. The number of nitrogens with zero attached hydrogens (tertiary/aromatic N) is 2. The highest BCUT2D eigenvalue weighted by Crippen LogP contribution is 2.44. The number of aromatic nitrogens is 1. The van der Waals surface area contributed by atoms with E-state index in [9.17, 15) is 0 Å². The molecule has 0 amide bonds. The van der Waals surface area contributed by atoms with Gasteiger partial charge in [-0.15, -0.1) is 0 Å². The molecule has 0 spiro atoms. The van der Waals surface area contributed by atoms with Crippen LogP contribution in [-0.4, -0.2) is 4.98 Å². The fourth-order valence-electron chi connectivity index (χ4n) is 7.96. The second-order valence-electron chi connectivity index (χ2n) is 13.1. The summed E-state index contributed by atoms with van der Waals surface area (Å²) in [5, 5.41) is 11.7. The Morgan fingerprint density at radius 3 is 1.78 bits per heavy atom. The van der Waals surface area contributed by atoms with Gasteiger partial charge in [0.25, 0.3) is 0 Å². The van der Waals surface area contributed by atoms with Gasteiger partial charge in [0, 0.05) is 44.9 Å². The molecule has 2 heterocycles. The third-order valence-electron chi connectivity index (χ3n) is 10.2. The van der Waals surface area contributed by atoms with Crippen LogP contribution in [0, 0.1) is 0 Å². The lowest BCUT2D eigenvalue weighted by molar-refractivity contribution is 0.623. The normalized spacial score (nSPS) is 11.9. The van der Waals surface area contributed by atoms with Crippen molar-refractivity contribution in [1.82, 2.24) is 4.98 Å². The molecule has 0 saturated heterocycles. The van der Waals surface area contributed by atoms with E-state index in [-0.39, 0.29) is 0 Å². The van der Waals surface area contributed by atoms with E-state index in [0.29, 0.717) is 5.89 Å². The first-order valence-corrected chi connectivity index (χ1v) is 17.2. The summed E-state index contributed by atoms with van der Waals surface area (Å²) in [5.41, 5.74) is 7.28. The van der Waals surface area contributed by atoms with E-state index in [0.717, 1.165) is 66.4 Å². The lowest BCUT2D eigenvalue weighted by Crippen LogP contribution is -2.09. The number of benzene rings is 9. The van der Waals surface area contributed by atoms with Gasteiger partial charge in [-0.1, -0.05) is 109 Å². The molecule has 0 saturated carbocycles. The van der Waals surface area contributed by atoms with Crippen LogP contribution in [0.15, 0.2) is 179 Å². The Labute approximate surface area is 292 Å². The molecule has 0 aliphatic carbocycles. The van der Waals surface area contributed by atoms with Crippen molar-refractivity contribution in [3.63, 3.8) is 0 Å². The number of fused-ring (bicyclic) bond motifs is 12. The van der Waals surface area contributed by atoms with Crippen molar-refractivity contribution in [2.45, 2.75) is 0 Å². The number of hydrogen-bond donors (Lipinski definition) is 0. The molecule has 0 radical (unpaired) electrons. The third-order valence-corrected chi connectivity index (χ3v) is 10.2. The topological polar surface area (TPSA) is 42.4 Å². The highest BCUT2D eigenvalue weighted by atomic mass is 16.3. The Balaban J connectivity index is 1.10. The Kier molecular flexibility index (Phi) is 5.92. The number of oxazole rings is 1. The SMILES string of the molecule is c1ccc(N(c2ccc3c(c2)oc2cccc(-c4nc5ccc6ccccc6c5o4)c23)c2ccc3c4ccccc4c4ccccc4c3c2)cc1. The highest BCUT2D eigenvalue weighted by molar-refractivity contribution is 6.26. The minimum absolute atomic E-state index is 0.584. The third kappa shape index (κ3) is 4.23. The van der Waals surface area contributed by atoms with Gasteiger partial charge in [-0.2, -0.15) is 0 Å². The zero-order valence-electron chi connectivity index (χ0n) is 27.4. The number of hydrogen-bond acceptors (Lipinski definition) is 4. The van der Waals surface area contributed by atoms with Crippen LogP contribution < -0.4 is 4.90 Å². The van der Waals surface area contributed by atoms with E-state index in [2.05, 4.69) is 144 Å². The van der Waals surface area contributed by atoms with Crippen molar-refractivity contribution in [3.8, 4) is 11.5 Å². The predicted molar refractivity (Wildman–Crippen MR) is 211 cm³/mol. The number of anilines is 3. The van der Waals surface area contributed by atoms with Crippen LogP contribution in [0.4, 0.5) is 17.1 Å². The van der Waals surface area contributed by atoms with E-state index >= 15 is 0 Å². The van der Waals surface area contributed by atoms with E-state index in [1.807, 2.05) is 30.3 Å². The summed E-state index contributed by atoms with van der Waals surface area (Å²) >= 11 is 0. The van der Waals surface area contributed by atoms with Crippen molar-refractivity contribution in [3.05, 3.63) is 170 Å². The standard InChI is InChI=1S/C47H28N2O2/c1-2-12-30(13-3-1)49(31-22-24-38-36-17-7-6-15-34(36)35-16-8-9-18-37(35)41(38)27-31)32-23-25-39-44(28-32)50-43-20-10-19-40(45(39)43)47-48-42-26-21-29-11-4-5-14-33(29)46(42)51-47/h1-28H.